The molecule has 2 aliphatic rings. The van der Waals surface area contributed by atoms with E-state index in [4.69, 9.17) is 29.3 Å². The highest BCUT2D eigenvalue weighted by molar-refractivity contribution is 5.80. The van der Waals surface area contributed by atoms with Gasteiger partial charge in [-0.3, -0.25) is 4.79 Å². The van der Waals surface area contributed by atoms with E-state index in [2.05, 4.69) is 10.2 Å². The van der Waals surface area contributed by atoms with Gasteiger partial charge < -0.3 is 29.7 Å². The van der Waals surface area contributed by atoms with Gasteiger partial charge in [0.15, 0.2) is 23.2 Å². The number of alkyl halides is 3. The van der Waals surface area contributed by atoms with Crippen LogP contribution in [0.2, 0.25) is 0 Å². The number of ether oxygens (including phenoxy) is 2. The number of amides is 1. The van der Waals surface area contributed by atoms with Crippen LogP contribution in [-0.2, 0) is 27.3 Å². The summed E-state index contributed by atoms with van der Waals surface area (Å²) >= 11 is 0. The number of nitrogens with zero attached hydrogens (tertiary/aromatic N) is 4. The predicted octanol–water partition coefficient (Wildman–Crippen LogP) is 4.18. The average molecular weight is 604 g/mol. The Morgan fingerprint density at radius 1 is 1.07 bits per heavy atom. The van der Waals surface area contributed by atoms with Gasteiger partial charge in [-0.2, -0.15) is 13.2 Å². The lowest BCUT2D eigenvalue weighted by Gasteiger charge is -2.35. The van der Waals surface area contributed by atoms with Gasteiger partial charge in [-0.25, -0.2) is 23.5 Å². The van der Waals surface area contributed by atoms with Gasteiger partial charge in [0.2, 0.25) is 0 Å². The van der Waals surface area contributed by atoms with Gasteiger partial charge in [-0.1, -0.05) is 0 Å². The molecule has 1 aromatic carbocycles. The number of carboxylic acids is 1. The highest BCUT2D eigenvalue weighted by Crippen LogP contribution is 2.31. The first-order valence-electron chi connectivity index (χ1n) is 13.3. The van der Waals surface area contributed by atoms with Crippen LogP contribution in [0.3, 0.4) is 0 Å². The molecule has 0 saturated carbocycles. The third-order valence-electron chi connectivity index (χ3n) is 6.60. The Kier molecular flexibility index (Phi) is 10.9. The topological polar surface area (TPSA) is 117 Å². The van der Waals surface area contributed by atoms with Gasteiger partial charge in [0.25, 0.3) is 5.91 Å². The molecule has 4 rings (SSSR count). The maximum absolute atomic E-state index is 14.0. The first-order chi connectivity index (χ1) is 19.7. The molecule has 1 fully saturated rings. The highest BCUT2D eigenvalue weighted by Gasteiger charge is 2.38. The number of anilines is 2. The normalized spacial score (nSPS) is 16.3. The molecule has 1 saturated heterocycles. The van der Waals surface area contributed by atoms with E-state index in [1.54, 1.807) is 11.8 Å². The minimum absolute atomic E-state index is 0.0536. The lowest BCUT2D eigenvalue weighted by Crippen LogP contribution is -2.43. The number of aliphatic carboxylic acids is 1. The van der Waals surface area contributed by atoms with Crippen molar-refractivity contribution >= 4 is 23.5 Å². The van der Waals surface area contributed by atoms with Gasteiger partial charge in [-0.15, -0.1) is 0 Å². The largest absolute Gasteiger partial charge is 0.490 e. The second kappa shape index (κ2) is 13.9. The zero-order valence-corrected chi connectivity index (χ0v) is 23.7. The van der Waals surface area contributed by atoms with Crippen LogP contribution in [0.4, 0.5) is 33.6 Å². The summed E-state index contributed by atoms with van der Waals surface area (Å²) in [7, 11) is 1.53. The van der Waals surface area contributed by atoms with Crippen molar-refractivity contribution in [3.8, 4) is 5.75 Å². The lowest BCUT2D eigenvalue weighted by molar-refractivity contribution is -0.192. The molecule has 10 nitrogen and oxygen atoms in total. The molecule has 0 spiro atoms. The number of benzene rings is 1. The zero-order valence-electron chi connectivity index (χ0n) is 23.7. The maximum Gasteiger partial charge on any atom is 0.490 e. The van der Waals surface area contributed by atoms with Gasteiger partial charge in [-0.05, 0) is 32.9 Å². The zero-order chi connectivity index (χ0) is 31.2. The number of carboxylic acid groups (broad SMARTS) is 1. The molecule has 0 aliphatic carbocycles. The third kappa shape index (κ3) is 8.63. The molecule has 15 heteroatoms. The Bertz CT molecular complexity index is 1250. The summed E-state index contributed by atoms with van der Waals surface area (Å²) < 4.78 is 69.9. The Morgan fingerprint density at radius 3 is 2.26 bits per heavy atom. The van der Waals surface area contributed by atoms with Crippen molar-refractivity contribution in [3.05, 3.63) is 41.2 Å². The number of carbonyl (C=O) groups is 2. The van der Waals surface area contributed by atoms with E-state index < -0.39 is 29.9 Å². The number of aromatic nitrogens is 2. The average Bonchev–Trinajstić information content (AvgIpc) is 2.93. The summed E-state index contributed by atoms with van der Waals surface area (Å²) in [4.78, 5) is 35.3. The first-order valence-corrected chi connectivity index (χ1v) is 13.3. The second-order valence-corrected chi connectivity index (χ2v) is 10.2. The van der Waals surface area contributed by atoms with Gasteiger partial charge in [0.1, 0.15) is 18.0 Å². The van der Waals surface area contributed by atoms with Crippen molar-refractivity contribution in [2.75, 3.05) is 37.0 Å². The number of hydrogen-bond donors (Lipinski definition) is 2. The van der Waals surface area contributed by atoms with Crippen LogP contribution in [-0.4, -0.2) is 83.0 Å². The summed E-state index contributed by atoms with van der Waals surface area (Å²) in [6.45, 7) is 8.14. The number of piperidine rings is 1. The molecule has 0 bridgehead atoms. The van der Waals surface area contributed by atoms with E-state index in [0.29, 0.717) is 51.3 Å². The minimum atomic E-state index is -5.08. The number of carbonyl (C=O) groups excluding carboxylic acids is 1. The maximum atomic E-state index is 14.0. The van der Waals surface area contributed by atoms with E-state index in [9.17, 15) is 26.7 Å². The molecular weight excluding hydrogens is 569 g/mol. The molecule has 2 aromatic rings. The Labute approximate surface area is 239 Å². The molecule has 232 valence electrons. The summed E-state index contributed by atoms with van der Waals surface area (Å²) in [6.07, 6.45) is -3.77. The number of fused-ring (bicyclic) bond motifs is 1. The van der Waals surface area contributed by atoms with E-state index >= 15 is 0 Å². The van der Waals surface area contributed by atoms with E-state index in [1.807, 2.05) is 13.8 Å². The van der Waals surface area contributed by atoms with E-state index in [0.717, 1.165) is 23.3 Å². The quantitative estimate of drug-likeness (QED) is 0.450. The Balaban J connectivity index is 0.000000616. The van der Waals surface area contributed by atoms with Crippen LogP contribution in [0, 0.1) is 11.6 Å². The number of halogens is 5. The lowest BCUT2D eigenvalue weighted by atomic mass is 10.1. The van der Waals surface area contributed by atoms with Crippen LogP contribution in [0.25, 0.3) is 0 Å². The van der Waals surface area contributed by atoms with Crippen molar-refractivity contribution in [1.29, 1.82) is 0 Å². The van der Waals surface area contributed by atoms with Gasteiger partial charge in [0, 0.05) is 58.1 Å². The van der Waals surface area contributed by atoms with Crippen molar-refractivity contribution in [2.24, 2.45) is 0 Å². The van der Waals surface area contributed by atoms with Crippen LogP contribution in [0.15, 0.2) is 18.2 Å². The summed E-state index contributed by atoms with van der Waals surface area (Å²) in [5, 5.41) is 10.5. The number of methoxy groups -OCH3 is 1. The molecule has 1 aromatic heterocycles. The van der Waals surface area contributed by atoms with Crippen molar-refractivity contribution in [2.45, 2.75) is 71.0 Å². The highest BCUT2D eigenvalue weighted by atomic mass is 19.4. The van der Waals surface area contributed by atoms with Gasteiger partial charge >= 0.3 is 12.1 Å². The molecule has 1 atom stereocenters. The van der Waals surface area contributed by atoms with E-state index in [-0.39, 0.29) is 23.8 Å². The molecule has 3 heterocycles. The number of nitrogens with one attached hydrogen (secondary N) is 1. The van der Waals surface area contributed by atoms with E-state index in [1.165, 1.54) is 19.2 Å². The van der Waals surface area contributed by atoms with Crippen molar-refractivity contribution in [1.82, 2.24) is 14.9 Å². The molecule has 0 radical (unpaired) electrons. The fraction of sp³-hybridized carbons (Fsp3) is 0.556. The second-order valence-electron chi connectivity index (χ2n) is 10.2. The summed E-state index contributed by atoms with van der Waals surface area (Å²) in [5.41, 5.74) is 1.69. The number of hydrogen-bond acceptors (Lipinski definition) is 8. The van der Waals surface area contributed by atoms with Crippen LogP contribution in [0.1, 0.15) is 45.0 Å². The fourth-order valence-corrected chi connectivity index (χ4v) is 4.39. The summed E-state index contributed by atoms with van der Waals surface area (Å²) in [6, 6.07) is 3.52. The molecule has 42 heavy (non-hydrogen) atoms. The molecular formula is C27H34F5N5O5. The fourth-order valence-electron chi connectivity index (χ4n) is 4.39. The van der Waals surface area contributed by atoms with Crippen molar-refractivity contribution < 1.29 is 46.1 Å². The van der Waals surface area contributed by atoms with Crippen LogP contribution >= 0.6 is 0 Å². The first kappa shape index (κ1) is 32.8. The molecule has 2 aliphatic heterocycles. The van der Waals surface area contributed by atoms with Crippen LogP contribution in [0.5, 0.6) is 5.75 Å². The molecule has 2 N–H and O–H groups in total. The standard InChI is InChI=1S/C25H33F2N5O3.C2HF3O2/c1-15(2)28-23-24(30-20-9-12-32(14-21(20)29-23)25(33)16(3)34-4)31-10-7-18(8-11-31)35-22-6-5-17(26)13-19(22)27;3-2(4,5)1(6)7/h5-6,13,15-16,18H,7-12,14H2,1-4H3,(H,28,29);(H,6,7). The molecule has 1 amide bonds. The predicted molar refractivity (Wildman–Crippen MR) is 142 cm³/mol. The van der Waals surface area contributed by atoms with Crippen LogP contribution < -0.4 is 15.0 Å². The van der Waals surface area contributed by atoms with Gasteiger partial charge in [0.05, 0.1) is 17.9 Å². The van der Waals surface area contributed by atoms with Crippen molar-refractivity contribution in [3.63, 3.8) is 0 Å². The molecule has 1 unspecified atom stereocenters. The third-order valence-corrected chi connectivity index (χ3v) is 6.60. The monoisotopic (exact) mass is 603 g/mol. The smallest absolute Gasteiger partial charge is 0.487 e. The Morgan fingerprint density at radius 2 is 1.71 bits per heavy atom. The summed E-state index contributed by atoms with van der Waals surface area (Å²) in [5.74, 6) is -2.58. The number of rotatable bonds is 7. The minimum Gasteiger partial charge on any atom is -0.487 e. The SMILES string of the molecule is COC(C)C(=O)N1CCc2nc(N3CCC(Oc4ccc(F)cc4F)CC3)c(NC(C)C)nc2C1.O=C(O)C(F)(F)F. The Hall–Kier alpha value is -3.75.